The van der Waals surface area contributed by atoms with Gasteiger partial charge in [-0.3, -0.25) is 4.79 Å². The number of halogens is 3. The quantitative estimate of drug-likeness (QED) is 0.619. The highest BCUT2D eigenvalue weighted by atomic mass is 32.2. The first-order valence-corrected chi connectivity index (χ1v) is 12.0. The number of rotatable bonds is 7. The first-order valence-electron chi connectivity index (χ1n) is 9.72. The second kappa shape index (κ2) is 9.58. The Kier molecular flexibility index (Phi) is 7.28. The van der Waals surface area contributed by atoms with Gasteiger partial charge in [-0.1, -0.05) is 6.07 Å². The summed E-state index contributed by atoms with van der Waals surface area (Å²) < 4.78 is 70.7. The standard InChI is InChI=1S/C20H23F3N2O4S2/c1-14-7-8-18(30-14)31(27,28)25-10-3-4-15(13-25)19(26)24-9-11-29-17-6-2-5-16(12-17)20(21,22)23/h2,5-8,12,15H,3-4,9-11,13H2,1H3,(H,24,26). The fourth-order valence-corrected chi connectivity index (χ4v) is 6.26. The fraction of sp³-hybridized carbons (Fsp3) is 0.450. The predicted octanol–water partition coefficient (Wildman–Crippen LogP) is 3.67. The topological polar surface area (TPSA) is 75.7 Å². The third-order valence-corrected chi connectivity index (χ3v) is 8.23. The summed E-state index contributed by atoms with van der Waals surface area (Å²) in [5.74, 6) is -0.724. The van der Waals surface area contributed by atoms with E-state index >= 15 is 0 Å². The van der Waals surface area contributed by atoms with Crippen molar-refractivity contribution in [2.75, 3.05) is 26.2 Å². The van der Waals surface area contributed by atoms with Crippen molar-refractivity contribution >= 4 is 27.3 Å². The van der Waals surface area contributed by atoms with Crippen molar-refractivity contribution in [1.29, 1.82) is 0 Å². The molecule has 6 nitrogen and oxygen atoms in total. The number of nitrogens with zero attached hydrogens (tertiary/aromatic N) is 1. The van der Waals surface area contributed by atoms with Gasteiger partial charge < -0.3 is 10.1 Å². The summed E-state index contributed by atoms with van der Waals surface area (Å²) in [5, 5.41) is 2.68. The van der Waals surface area contributed by atoms with Crippen LogP contribution in [0, 0.1) is 12.8 Å². The van der Waals surface area contributed by atoms with Gasteiger partial charge in [-0.25, -0.2) is 8.42 Å². The van der Waals surface area contributed by atoms with E-state index in [9.17, 15) is 26.4 Å². The molecule has 31 heavy (non-hydrogen) atoms. The number of amides is 1. The van der Waals surface area contributed by atoms with Crippen LogP contribution < -0.4 is 10.1 Å². The van der Waals surface area contributed by atoms with Crippen LogP contribution in [0.25, 0.3) is 0 Å². The Morgan fingerprint density at radius 3 is 2.74 bits per heavy atom. The Bertz CT molecular complexity index is 1020. The highest BCUT2D eigenvalue weighted by Crippen LogP contribution is 2.31. The molecule has 0 spiro atoms. The van der Waals surface area contributed by atoms with E-state index in [1.54, 1.807) is 12.1 Å². The Morgan fingerprint density at radius 2 is 2.06 bits per heavy atom. The van der Waals surface area contributed by atoms with Crippen molar-refractivity contribution in [3.05, 3.63) is 46.8 Å². The minimum absolute atomic E-state index is 0.00371. The molecule has 1 aliphatic heterocycles. The highest BCUT2D eigenvalue weighted by molar-refractivity contribution is 7.91. The van der Waals surface area contributed by atoms with E-state index in [0.717, 1.165) is 17.0 Å². The Morgan fingerprint density at radius 1 is 1.29 bits per heavy atom. The second-order valence-electron chi connectivity index (χ2n) is 7.23. The van der Waals surface area contributed by atoms with Crippen molar-refractivity contribution in [3.63, 3.8) is 0 Å². The van der Waals surface area contributed by atoms with Crippen LogP contribution in [0.15, 0.2) is 40.6 Å². The molecule has 1 aliphatic rings. The zero-order valence-corrected chi connectivity index (χ0v) is 18.4. The molecular weight excluding hydrogens is 453 g/mol. The van der Waals surface area contributed by atoms with Gasteiger partial charge >= 0.3 is 6.18 Å². The van der Waals surface area contributed by atoms with Gasteiger partial charge in [0.2, 0.25) is 5.91 Å². The van der Waals surface area contributed by atoms with Gasteiger partial charge in [0.25, 0.3) is 10.0 Å². The summed E-state index contributed by atoms with van der Waals surface area (Å²) in [4.78, 5) is 13.4. The summed E-state index contributed by atoms with van der Waals surface area (Å²) in [6, 6.07) is 7.84. The number of thiophene rings is 1. The molecule has 0 radical (unpaired) electrons. The summed E-state index contributed by atoms with van der Waals surface area (Å²) in [6.45, 7) is 2.39. The molecule has 0 aliphatic carbocycles. The zero-order valence-electron chi connectivity index (χ0n) is 16.8. The third-order valence-electron chi connectivity index (χ3n) is 4.90. The summed E-state index contributed by atoms with van der Waals surface area (Å²) in [6.07, 6.45) is -3.32. The largest absolute Gasteiger partial charge is 0.492 e. The molecule has 1 amide bonds. The SMILES string of the molecule is Cc1ccc(S(=O)(=O)N2CCCC(C(=O)NCCOc3cccc(C(F)(F)F)c3)C2)s1. The lowest BCUT2D eigenvalue weighted by atomic mass is 9.99. The van der Waals surface area contributed by atoms with Gasteiger partial charge in [-0.2, -0.15) is 17.5 Å². The molecular formula is C20H23F3N2O4S2. The van der Waals surface area contributed by atoms with Crippen LogP contribution in [0.4, 0.5) is 13.2 Å². The minimum atomic E-state index is -4.46. The van der Waals surface area contributed by atoms with Crippen LogP contribution in [0.1, 0.15) is 23.3 Å². The number of ether oxygens (including phenoxy) is 1. The average molecular weight is 477 g/mol. The van der Waals surface area contributed by atoms with Gasteiger partial charge in [0.15, 0.2) is 0 Å². The summed E-state index contributed by atoms with van der Waals surface area (Å²) in [5.41, 5.74) is -0.807. The number of aryl methyl sites for hydroxylation is 1. The molecule has 1 aromatic carbocycles. The summed E-state index contributed by atoms with van der Waals surface area (Å²) >= 11 is 1.20. The third kappa shape index (κ3) is 5.98. The van der Waals surface area contributed by atoms with Crippen LogP contribution in [-0.2, 0) is 21.0 Å². The number of benzene rings is 1. The number of hydrogen-bond acceptors (Lipinski definition) is 5. The number of alkyl halides is 3. The molecule has 1 unspecified atom stereocenters. The highest BCUT2D eigenvalue weighted by Gasteiger charge is 2.34. The van der Waals surface area contributed by atoms with Crippen molar-refractivity contribution in [1.82, 2.24) is 9.62 Å². The molecule has 1 saturated heterocycles. The van der Waals surface area contributed by atoms with E-state index in [0.29, 0.717) is 19.4 Å². The molecule has 0 bridgehead atoms. The number of piperidine rings is 1. The molecule has 170 valence electrons. The molecule has 0 saturated carbocycles. The molecule has 11 heteroatoms. The lowest BCUT2D eigenvalue weighted by Gasteiger charge is -2.30. The van der Waals surface area contributed by atoms with Crippen LogP contribution >= 0.6 is 11.3 Å². The second-order valence-corrected chi connectivity index (χ2v) is 10.7. The number of hydrogen-bond donors (Lipinski definition) is 1. The molecule has 1 N–H and O–H groups in total. The monoisotopic (exact) mass is 476 g/mol. The first-order chi connectivity index (χ1) is 14.6. The average Bonchev–Trinajstić information content (AvgIpc) is 3.18. The van der Waals surface area contributed by atoms with Gasteiger partial charge in [0.1, 0.15) is 16.6 Å². The van der Waals surface area contributed by atoms with E-state index in [2.05, 4.69) is 5.32 Å². The number of carbonyl (C=O) groups excluding carboxylic acids is 1. The van der Waals surface area contributed by atoms with E-state index < -0.39 is 27.7 Å². The first kappa shape index (κ1) is 23.6. The van der Waals surface area contributed by atoms with Gasteiger partial charge in [-0.15, -0.1) is 11.3 Å². The predicted molar refractivity (Wildman–Crippen MR) is 110 cm³/mol. The van der Waals surface area contributed by atoms with Crippen molar-refractivity contribution in [2.24, 2.45) is 5.92 Å². The van der Waals surface area contributed by atoms with Crippen LogP contribution in [0.5, 0.6) is 5.75 Å². The maximum Gasteiger partial charge on any atom is 0.416 e. The van der Waals surface area contributed by atoms with Crippen molar-refractivity contribution in [2.45, 2.75) is 30.2 Å². The number of carbonyl (C=O) groups is 1. The number of nitrogens with one attached hydrogen (secondary N) is 1. The van der Waals surface area contributed by atoms with E-state index in [1.165, 1.54) is 27.8 Å². The summed E-state index contributed by atoms with van der Waals surface area (Å²) in [7, 11) is -3.63. The molecule has 2 heterocycles. The maximum absolute atomic E-state index is 12.8. The van der Waals surface area contributed by atoms with Gasteiger partial charge in [0, 0.05) is 18.0 Å². The molecule has 1 fully saturated rings. The minimum Gasteiger partial charge on any atom is -0.492 e. The van der Waals surface area contributed by atoms with Crippen molar-refractivity contribution < 1.29 is 31.1 Å². The lowest BCUT2D eigenvalue weighted by Crippen LogP contribution is -2.45. The molecule has 3 rings (SSSR count). The number of sulfonamides is 1. The smallest absolute Gasteiger partial charge is 0.416 e. The zero-order chi connectivity index (χ0) is 22.6. The van der Waals surface area contributed by atoms with Crippen LogP contribution in [0.3, 0.4) is 0 Å². The maximum atomic E-state index is 12.8. The molecule has 1 atom stereocenters. The molecule has 2 aromatic rings. The van der Waals surface area contributed by atoms with E-state index in [4.69, 9.17) is 4.74 Å². The van der Waals surface area contributed by atoms with Crippen molar-refractivity contribution in [3.8, 4) is 5.75 Å². The fourth-order valence-electron chi connectivity index (χ4n) is 3.30. The molecule has 1 aromatic heterocycles. The van der Waals surface area contributed by atoms with E-state index in [-0.39, 0.29) is 35.6 Å². The van der Waals surface area contributed by atoms with Gasteiger partial charge in [-0.05, 0) is 50.1 Å². The van der Waals surface area contributed by atoms with Gasteiger partial charge in [0.05, 0.1) is 18.0 Å². The normalized spacial score (nSPS) is 18.0. The van der Waals surface area contributed by atoms with Crippen LogP contribution in [0.2, 0.25) is 0 Å². The Labute approximate surface area is 183 Å². The Hall–Kier alpha value is -2.11. The van der Waals surface area contributed by atoms with E-state index in [1.807, 2.05) is 6.92 Å². The Balaban J connectivity index is 1.50. The lowest BCUT2D eigenvalue weighted by molar-refractivity contribution is -0.137. The van der Waals surface area contributed by atoms with Crippen LogP contribution in [-0.4, -0.2) is 44.9 Å².